The zero-order valence-corrected chi connectivity index (χ0v) is 79.3. The number of hydrogen-bond donors (Lipinski definition) is 17. The van der Waals surface area contributed by atoms with Crippen molar-refractivity contribution in [2.45, 2.75) is 253 Å². The number of carbonyl (C=O) groups is 19. The maximum atomic E-state index is 16.0. The van der Waals surface area contributed by atoms with E-state index < -0.39 is 279 Å². The number of nitrogens with two attached hydrogens (primary N) is 5. The zero-order valence-electron chi connectivity index (χ0n) is 78.4. The van der Waals surface area contributed by atoms with Gasteiger partial charge in [0.2, 0.25) is 88.6 Å². The number of carboxylic acids is 2. The number of Topliss-reactive ketones (excluding diaryl/α,β-unsaturated/α-hetero) is 2. The number of nitrogens with zero attached hydrogens (tertiary/aromatic N) is 6. The molecule has 5 aromatic rings. The van der Waals surface area contributed by atoms with Crippen LogP contribution in [0, 0.1) is 5.92 Å². The van der Waals surface area contributed by atoms with Gasteiger partial charge < -0.3 is 125 Å². The number of para-hydroxylation sites is 2. The average molecular weight is 1930 g/mol. The van der Waals surface area contributed by atoms with Crippen LogP contribution in [-0.2, 0) is 117 Å². The van der Waals surface area contributed by atoms with Crippen molar-refractivity contribution in [3.8, 4) is 5.75 Å². The summed E-state index contributed by atoms with van der Waals surface area (Å²) in [6.07, 6.45) is -1.85. The Bertz CT molecular complexity index is 5150. The summed E-state index contributed by atoms with van der Waals surface area (Å²) >= 11 is 0.756. The van der Waals surface area contributed by atoms with E-state index in [2.05, 4.69) is 47.5 Å². The minimum absolute atomic E-state index is 0.0272. The first kappa shape index (κ1) is 109. The van der Waals surface area contributed by atoms with Gasteiger partial charge in [0, 0.05) is 138 Å². The molecule has 0 spiro atoms. The monoisotopic (exact) mass is 1930 g/mol. The quantitative estimate of drug-likeness (QED) is 0.0220. The van der Waals surface area contributed by atoms with Crippen molar-refractivity contribution in [1.82, 2.24) is 76.6 Å². The summed E-state index contributed by atoms with van der Waals surface area (Å²) in [5.41, 5.74) is 32.0. The number of fused-ring (bicyclic) bond motifs is 4. The van der Waals surface area contributed by atoms with Crippen LogP contribution in [-0.4, -0.2) is 319 Å². The van der Waals surface area contributed by atoms with E-state index in [0.717, 1.165) is 36.3 Å². The molecule has 0 unspecified atom stereocenters. The molecular formula is C93H132N20O23S. The number of hydrogen-bond acceptors (Lipinski definition) is 25. The SMILES string of the molecule is CCCC[C@H]1C(=O)N(C)[C@@H](CCCC)C(=O)N[C@@H](CCC(=O)O)C(=O)N[C@H](C(=O)CCC(N)=O)CSCC(=O)N[C@@H](Cc2ccc(OC)cc2)C(=O)N(C)[C@@H](C)C(=O)N[C@@H](CC(N)=O)C(=O)N2CCC[C@H]2C(=O)N[C@@H](CN)C(=O)N[C@@H](CCCCN)C(=O)N2C[C@H](O)C[C@H]2C(=O)N[C@@H](Cc2c[nH]c3ccccc23)C(=O)C[C@@H](CCN)C(=O)N[C@@H](Cc2cn(CC(=O)O)c3ccccc23)C(=O)N1C. The van der Waals surface area contributed by atoms with E-state index >= 15 is 33.6 Å². The molecule has 3 aromatic carbocycles. The maximum absolute atomic E-state index is 16.0. The number of aliphatic hydroxyl groups is 1. The molecule has 748 valence electrons. The lowest BCUT2D eigenvalue weighted by molar-refractivity contribution is -0.149. The van der Waals surface area contributed by atoms with Gasteiger partial charge in [-0.2, -0.15) is 0 Å². The van der Waals surface area contributed by atoms with Crippen molar-refractivity contribution < 1.29 is 111 Å². The molecule has 3 fully saturated rings. The van der Waals surface area contributed by atoms with Crippen molar-refractivity contribution in [2.24, 2.45) is 34.6 Å². The number of carbonyl (C=O) groups excluding carboxylic acids is 17. The third-order valence-electron chi connectivity index (χ3n) is 25.0. The Morgan fingerprint density at radius 1 is 0.526 bits per heavy atom. The smallest absolute Gasteiger partial charge is 0.323 e. The van der Waals surface area contributed by atoms with Crippen LogP contribution in [0.5, 0.6) is 5.75 Å². The molecule has 3 saturated heterocycles. The van der Waals surface area contributed by atoms with E-state index in [1.54, 1.807) is 85.9 Å². The second-order valence-corrected chi connectivity index (χ2v) is 36.0. The number of carboxylic acid groups (broad SMARTS) is 2. The number of nitrogens with one attached hydrogen (secondary N) is 9. The Balaban J connectivity index is 1.22. The molecule has 2 aromatic heterocycles. The van der Waals surface area contributed by atoms with E-state index in [4.69, 9.17) is 33.4 Å². The van der Waals surface area contributed by atoms with E-state index in [1.165, 1.54) is 45.9 Å². The average Bonchev–Trinajstić information content (AvgIpc) is 1.64. The standard InChI is InChI=1S/C93H132N20O23S/c1-8-10-23-71-86(128)101-62(31-34-80(120)121)84(126)107-69(75(115)32-33-77(97)117)50-137-51-79(119)100-65(39-53-27-29-58(136-7)30-28-53)89(131)108(4)52(3)82(124)104-67(44-78(98)118)92(134)112-38-18-26-72(112)87(129)106-68(45-96)85(127)102-63(22-16-17-36-94)91(133)113-48-57(114)43-74(113)88(130)103-64(40-55-46-99-61-21-14-12-19-59(55)61)76(116)42-54(35-37-95)83(125)105-66(90(132)110(6)73(24-11-9-2)93(135)109(71)5)41-56-47-111(49-81(122)123)70-25-15-13-20-60(56)70/h12-15,19-21,25,27-30,46-47,52,54,57,62-69,71-74,99,114H,8-11,16-18,22-24,26,31-45,48-51,94-96H2,1-7H3,(H2,97,117)(H2,98,118)(H,100,119)(H,101,128)(H,102,127)(H,103,130)(H,104,124)(H,105,125)(H,106,129)(H,107,126)(H,120,121)(H,122,123)/t52-,54+,57+,62-,63-,64-,65-,66-,67-,68-,69-,71-,72-,73-,74-/m0/s1. The highest BCUT2D eigenvalue weighted by molar-refractivity contribution is 8.00. The number of aliphatic hydroxyl groups excluding tert-OH is 1. The predicted molar refractivity (Wildman–Crippen MR) is 503 cm³/mol. The minimum atomic E-state index is -1.78. The van der Waals surface area contributed by atoms with Gasteiger partial charge in [0.15, 0.2) is 11.6 Å². The number of unbranched alkanes of at least 4 members (excludes halogenated alkanes) is 3. The molecule has 0 radical (unpaired) electrons. The number of amides is 15. The van der Waals surface area contributed by atoms with Crippen LogP contribution in [0.2, 0.25) is 0 Å². The number of likely N-dealkylation sites (N-methyl/N-ethyl adjacent to an activating group) is 3. The molecular weight excluding hydrogens is 1800 g/mol. The summed E-state index contributed by atoms with van der Waals surface area (Å²) in [5, 5.41) is 54.0. The van der Waals surface area contributed by atoms with Crippen LogP contribution in [0.1, 0.15) is 159 Å². The van der Waals surface area contributed by atoms with Crippen LogP contribution in [0.25, 0.3) is 21.8 Å². The molecule has 3 aliphatic rings. The van der Waals surface area contributed by atoms with Gasteiger partial charge in [-0.3, -0.25) is 91.1 Å². The van der Waals surface area contributed by atoms with Crippen LogP contribution >= 0.6 is 11.8 Å². The topological polar surface area (TPSA) is 658 Å². The van der Waals surface area contributed by atoms with E-state index in [9.17, 15) is 72.9 Å². The Morgan fingerprint density at radius 2 is 1.12 bits per heavy atom. The highest BCUT2D eigenvalue weighted by atomic mass is 32.2. The van der Waals surface area contributed by atoms with Crippen LogP contribution in [0.15, 0.2) is 85.2 Å². The highest BCUT2D eigenvalue weighted by Gasteiger charge is 2.47. The first-order valence-electron chi connectivity index (χ1n) is 46.3. The van der Waals surface area contributed by atoms with Gasteiger partial charge in [0.05, 0.1) is 37.5 Å². The second-order valence-electron chi connectivity index (χ2n) is 35.0. The molecule has 137 heavy (non-hydrogen) atoms. The summed E-state index contributed by atoms with van der Waals surface area (Å²) in [4.78, 5) is 284. The van der Waals surface area contributed by atoms with E-state index in [0.29, 0.717) is 63.5 Å². The molecule has 0 saturated carbocycles. The first-order chi connectivity index (χ1) is 65.3. The first-order valence-corrected chi connectivity index (χ1v) is 47.4. The minimum Gasteiger partial charge on any atom is -0.497 e. The van der Waals surface area contributed by atoms with Crippen LogP contribution in [0.3, 0.4) is 0 Å². The second kappa shape index (κ2) is 53.0. The summed E-state index contributed by atoms with van der Waals surface area (Å²) < 4.78 is 6.76. The van der Waals surface area contributed by atoms with Gasteiger partial charge in [0.25, 0.3) is 0 Å². The van der Waals surface area contributed by atoms with Gasteiger partial charge in [-0.1, -0.05) is 88.1 Å². The van der Waals surface area contributed by atoms with Gasteiger partial charge in [-0.05, 0) is 119 Å². The summed E-state index contributed by atoms with van der Waals surface area (Å²) in [6, 6.07) is -0.303. The third kappa shape index (κ3) is 30.8. The number of thioether (sulfide) groups is 1. The van der Waals surface area contributed by atoms with Gasteiger partial charge >= 0.3 is 11.9 Å². The molecule has 15 amide bonds. The van der Waals surface area contributed by atoms with Gasteiger partial charge in [-0.25, -0.2) is 0 Å². The molecule has 43 nitrogen and oxygen atoms in total. The fraction of sp³-hybridized carbons (Fsp3) is 0.559. The molecule has 3 aliphatic heterocycles. The number of aliphatic carboxylic acids is 2. The lowest BCUT2D eigenvalue weighted by Gasteiger charge is -2.36. The molecule has 44 heteroatoms. The Labute approximate surface area is 797 Å². The number of H-pyrrole nitrogens is 1. The van der Waals surface area contributed by atoms with Gasteiger partial charge in [0.1, 0.15) is 78.8 Å². The zero-order chi connectivity index (χ0) is 101. The Kier molecular flexibility index (Phi) is 42.3. The Hall–Kier alpha value is -12.9. The number of benzene rings is 3. The lowest BCUT2D eigenvalue weighted by Crippen LogP contribution is -2.61. The van der Waals surface area contributed by atoms with Crippen molar-refractivity contribution in [3.05, 3.63) is 102 Å². The van der Waals surface area contributed by atoms with Crippen molar-refractivity contribution in [1.29, 1.82) is 0 Å². The fourth-order valence-electron chi connectivity index (χ4n) is 17.2. The van der Waals surface area contributed by atoms with E-state index in [1.807, 2.05) is 6.92 Å². The number of primary amides is 2. The van der Waals surface area contributed by atoms with Gasteiger partial charge in [-0.15, -0.1) is 11.8 Å². The van der Waals surface area contributed by atoms with Crippen molar-refractivity contribution >= 4 is 146 Å². The summed E-state index contributed by atoms with van der Waals surface area (Å²) in [5.74, 6) is -20.4. The van der Waals surface area contributed by atoms with Crippen molar-refractivity contribution in [2.75, 3.05) is 72.5 Å². The number of aromatic nitrogens is 2. The van der Waals surface area contributed by atoms with E-state index in [-0.39, 0.29) is 96.7 Å². The number of rotatable bonds is 31. The number of ether oxygens (including phenoxy) is 1. The fourth-order valence-corrected chi connectivity index (χ4v) is 18.1. The third-order valence-corrected chi connectivity index (χ3v) is 26.1. The number of aromatic amines is 1. The number of ketones is 2. The predicted octanol–water partition coefficient (Wildman–Crippen LogP) is -1.71. The molecule has 8 rings (SSSR count). The summed E-state index contributed by atoms with van der Waals surface area (Å²) in [7, 11) is 5.24. The van der Waals surface area contributed by atoms with Crippen LogP contribution in [0.4, 0.5) is 0 Å². The molecule has 5 heterocycles. The highest BCUT2D eigenvalue weighted by Crippen LogP contribution is 2.30. The molecule has 22 N–H and O–H groups in total. The van der Waals surface area contributed by atoms with Crippen LogP contribution < -0.4 is 75.9 Å². The molecule has 0 bridgehead atoms. The largest absolute Gasteiger partial charge is 0.497 e. The Morgan fingerprint density at radius 3 is 1.77 bits per heavy atom. The normalized spacial score (nSPS) is 24.6. The summed E-state index contributed by atoms with van der Waals surface area (Å²) in [6.45, 7) is 3.05. The molecule has 0 aliphatic carbocycles. The maximum Gasteiger partial charge on any atom is 0.323 e. The van der Waals surface area contributed by atoms with Crippen molar-refractivity contribution in [3.63, 3.8) is 0 Å². The number of methoxy groups -OCH3 is 1. The lowest BCUT2D eigenvalue weighted by atomic mass is 9.91. The molecule has 15 atom stereocenters.